The second-order valence-corrected chi connectivity index (χ2v) is 5.09. The van der Waals surface area contributed by atoms with Crippen molar-refractivity contribution >= 4 is 22.6 Å². The van der Waals surface area contributed by atoms with Gasteiger partial charge >= 0.3 is 5.97 Å². The normalized spacial score (nSPS) is 10.6. The van der Waals surface area contributed by atoms with Crippen LogP contribution in [0.3, 0.4) is 0 Å². The zero-order chi connectivity index (χ0) is 16.2. The van der Waals surface area contributed by atoms with E-state index >= 15 is 0 Å². The molecule has 3 rings (SSSR count). The van der Waals surface area contributed by atoms with Crippen molar-refractivity contribution in [1.29, 1.82) is 0 Å². The number of benzene rings is 2. The van der Waals surface area contributed by atoms with Gasteiger partial charge in [-0.3, -0.25) is 14.9 Å². The maximum absolute atomic E-state index is 11.9. The third-order valence-corrected chi connectivity index (χ3v) is 3.53. The Balaban J connectivity index is 1.64. The van der Waals surface area contributed by atoms with E-state index in [2.05, 4.69) is 4.98 Å². The van der Waals surface area contributed by atoms with Gasteiger partial charge in [0.15, 0.2) is 0 Å². The predicted octanol–water partition coefficient (Wildman–Crippen LogP) is 3.61. The maximum Gasteiger partial charge on any atom is 0.311 e. The van der Waals surface area contributed by atoms with Gasteiger partial charge in [-0.2, -0.15) is 0 Å². The van der Waals surface area contributed by atoms with E-state index < -0.39 is 10.9 Å². The Morgan fingerprint density at radius 2 is 2.00 bits per heavy atom. The van der Waals surface area contributed by atoms with E-state index in [1.165, 1.54) is 24.3 Å². The molecule has 1 aromatic heterocycles. The van der Waals surface area contributed by atoms with Crippen LogP contribution in [0, 0.1) is 10.1 Å². The minimum Gasteiger partial charge on any atom is -0.426 e. The van der Waals surface area contributed by atoms with Gasteiger partial charge in [0.25, 0.3) is 5.69 Å². The van der Waals surface area contributed by atoms with E-state index in [0.29, 0.717) is 6.42 Å². The Morgan fingerprint density at radius 3 is 2.83 bits per heavy atom. The van der Waals surface area contributed by atoms with Crippen LogP contribution in [-0.2, 0) is 11.2 Å². The molecular formula is C17H14N2O4. The molecule has 116 valence electrons. The molecule has 2 aromatic carbocycles. The summed E-state index contributed by atoms with van der Waals surface area (Å²) in [5.41, 5.74) is 1.96. The van der Waals surface area contributed by atoms with Gasteiger partial charge in [-0.25, -0.2) is 0 Å². The smallest absolute Gasteiger partial charge is 0.311 e. The fourth-order valence-corrected chi connectivity index (χ4v) is 2.42. The Labute approximate surface area is 131 Å². The van der Waals surface area contributed by atoms with Crippen LogP contribution in [0.5, 0.6) is 5.75 Å². The van der Waals surface area contributed by atoms with E-state index in [-0.39, 0.29) is 17.9 Å². The Morgan fingerprint density at radius 1 is 1.17 bits per heavy atom. The minimum absolute atomic E-state index is 0.105. The molecule has 0 aliphatic carbocycles. The minimum atomic E-state index is -0.525. The summed E-state index contributed by atoms with van der Waals surface area (Å²) in [5.74, 6) is -0.237. The molecule has 1 N–H and O–H groups in total. The lowest BCUT2D eigenvalue weighted by molar-refractivity contribution is -0.384. The van der Waals surface area contributed by atoms with E-state index in [1.54, 1.807) is 0 Å². The molecule has 0 atom stereocenters. The number of aromatic nitrogens is 1. The lowest BCUT2D eigenvalue weighted by atomic mass is 10.1. The second-order valence-electron chi connectivity index (χ2n) is 5.09. The number of hydrogen-bond acceptors (Lipinski definition) is 4. The van der Waals surface area contributed by atoms with Crippen molar-refractivity contribution in [2.45, 2.75) is 12.8 Å². The van der Waals surface area contributed by atoms with Crippen molar-refractivity contribution in [1.82, 2.24) is 4.98 Å². The zero-order valence-corrected chi connectivity index (χ0v) is 12.2. The summed E-state index contributed by atoms with van der Waals surface area (Å²) < 4.78 is 5.16. The number of esters is 1. The van der Waals surface area contributed by atoms with Gasteiger partial charge in [0, 0.05) is 23.2 Å². The number of nitrogens with one attached hydrogen (secondary N) is 1. The number of hydrogen-bond donors (Lipinski definition) is 1. The molecule has 0 saturated heterocycles. The van der Waals surface area contributed by atoms with Crippen LogP contribution in [0.15, 0.2) is 54.7 Å². The van der Waals surface area contributed by atoms with Gasteiger partial charge in [0.2, 0.25) is 0 Å². The second kappa shape index (κ2) is 6.31. The largest absolute Gasteiger partial charge is 0.426 e. The van der Waals surface area contributed by atoms with Gasteiger partial charge < -0.3 is 9.72 Å². The van der Waals surface area contributed by atoms with Crippen molar-refractivity contribution < 1.29 is 14.5 Å². The van der Waals surface area contributed by atoms with Gasteiger partial charge in [-0.05, 0) is 24.1 Å². The average molecular weight is 310 g/mol. The number of aromatic amines is 1. The number of nitro benzene ring substituents is 1. The first-order valence-electron chi connectivity index (χ1n) is 7.13. The molecule has 0 aliphatic rings. The van der Waals surface area contributed by atoms with Crippen LogP contribution in [0.2, 0.25) is 0 Å². The summed E-state index contributed by atoms with van der Waals surface area (Å²) >= 11 is 0. The molecule has 6 nitrogen and oxygen atoms in total. The van der Waals surface area contributed by atoms with E-state index in [4.69, 9.17) is 4.74 Å². The monoisotopic (exact) mass is 310 g/mol. The number of para-hydroxylation sites is 1. The lowest BCUT2D eigenvalue weighted by Gasteiger charge is -2.04. The molecule has 0 bridgehead atoms. The molecule has 23 heavy (non-hydrogen) atoms. The van der Waals surface area contributed by atoms with Gasteiger partial charge in [-0.15, -0.1) is 0 Å². The van der Waals surface area contributed by atoms with Crippen LogP contribution >= 0.6 is 0 Å². The van der Waals surface area contributed by atoms with Crippen LogP contribution in [-0.4, -0.2) is 15.9 Å². The number of ether oxygens (including phenoxy) is 1. The lowest BCUT2D eigenvalue weighted by Crippen LogP contribution is -2.09. The number of rotatable bonds is 5. The Kier molecular flexibility index (Phi) is 4.05. The van der Waals surface area contributed by atoms with Crippen molar-refractivity contribution in [2.75, 3.05) is 0 Å². The number of carbonyl (C=O) groups is 1. The summed E-state index contributed by atoms with van der Waals surface area (Å²) in [7, 11) is 0. The molecule has 3 aromatic rings. The highest BCUT2D eigenvalue weighted by Gasteiger charge is 2.11. The molecule has 0 unspecified atom stereocenters. The first-order chi connectivity index (χ1) is 11.1. The summed E-state index contributed by atoms with van der Waals surface area (Å²) in [5, 5.41) is 11.8. The highest BCUT2D eigenvalue weighted by Crippen LogP contribution is 2.21. The van der Waals surface area contributed by atoms with Crippen molar-refractivity contribution in [3.63, 3.8) is 0 Å². The summed E-state index contributed by atoms with van der Waals surface area (Å²) in [4.78, 5) is 25.3. The number of carbonyl (C=O) groups excluding carboxylic acids is 1. The molecule has 0 radical (unpaired) electrons. The van der Waals surface area contributed by atoms with Crippen molar-refractivity contribution in [3.8, 4) is 5.75 Å². The molecule has 0 fully saturated rings. The quantitative estimate of drug-likeness (QED) is 0.337. The first-order valence-corrected chi connectivity index (χ1v) is 7.13. The van der Waals surface area contributed by atoms with Crippen molar-refractivity contribution in [2.24, 2.45) is 0 Å². The van der Waals surface area contributed by atoms with Gasteiger partial charge in [0.05, 0.1) is 17.4 Å². The predicted molar refractivity (Wildman–Crippen MR) is 85.4 cm³/mol. The Hall–Kier alpha value is -3.15. The zero-order valence-electron chi connectivity index (χ0n) is 12.2. The van der Waals surface area contributed by atoms with Crippen LogP contribution in [0.1, 0.15) is 12.0 Å². The molecule has 0 saturated carbocycles. The van der Waals surface area contributed by atoms with Gasteiger partial charge in [0.1, 0.15) is 5.75 Å². The molecule has 1 heterocycles. The van der Waals surface area contributed by atoms with Crippen molar-refractivity contribution in [3.05, 3.63) is 70.4 Å². The average Bonchev–Trinajstić information content (AvgIpc) is 2.96. The van der Waals surface area contributed by atoms with Gasteiger partial charge in [-0.1, -0.05) is 24.3 Å². The summed E-state index contributed by atoms with van der Waals surface area (Å²) in [6.45, 7) is 0. The van der Waals surface area contributed by atoms with E-state index in [9.17, 15) is 14.9 Å². The summed E-state index contributed by atoms with van der Waals surface area (Å²) in [6, 6.07) is 13.5. The van der Waals surface area contributed by atoms with Crippen LogP contribution in [0.4, 0.5) is 5.69 Å². The molecule has 0 aliphatic heterocycles. The number of nitro groups is 1. The van der Waals surface area contributed by atoms with E-state index in [1.807, 2.05) is 30.5 Å². The molecule has 0 spiro atoms. The Bertz CT molecular complexity index is 870. The SMILES string of the molecule is O=C(CCc1c[nH]c2ccccc12)Oc1cccc([N+](=O)[O-])c1. The number of fused-ring (bicyclic) bond motifs is 1. The number of H-pyrrole nitrogens is 1. The third kappa shape index (κ3) is 3.37. The maximum atomic E-state index is 11.9. The summed E-state index contributed by atoms with van der Waals surface area (Å²) in [6.07, 6.45) is 2.62. The van der Waals surface area contributed by atoms with Crippen LogP contribution in [0.25, 0.3) is 10.9 Å². The standard InChI is InChI=1S/C17H14N2O4/c20-17(23-14-5-3-4-13(10-14)19(21)22)9-8-12-11-18-16-7-2-1-6-15(12)16/h1-7,10-11,18H,8-9H2. The fourth-order valence-electron chi connectivity index (χ4n) is 2.42. The number of nitrogens with zero attached hydrogens (tertiary/aromatic N) is 1. The third-order valence-electron chi connectivity index (χ3n) is 3.53. The first kappa shape index (κ1) is 14.8. The number of non-ortho nitro benzene ring substituents is 1. The topological polar surface area (TPSA) is 85.2 Å². The molecular weight excluding hydrogens is 296 g/mol. The van der Waals surface area contributed by atoms with Crippen LogP contribution < -0.4 is 4.74 Å². The molecule has 6 heteroatoms. The van der Waals surface area contributed by atoms with E-state index in [0.717, 1.165) is 16.5 Å². The highest BCUT2D eigenvalue weighted by molar-refractivity contribution is 5.83. The molecule has 0 amide bonds. The highest BCUT2D eigenvalue weighted by atomic mass is 16.6. The fraction of sp³-hybridized carbons (Fsp3) is 0.118. The number of aryl methyl sites for hydroxylation is 1.